The van der Waals surface area contributed by atoms with Gasteiger partial charge in [0.05, 0.1) is 5.39 Å². The van der Waals surface area contributed by atoms with Crippen LogP contribution in [0.15, 0.2) is 28.2 Å². The summed E-state index contributed by atoms with van der Waals surface area (Å²) in [5.41, 5.74) is 4.73. The van der Waals surface area contributed by atoms with Crippen molar-refractivity contribution in [3.05, 3.63) is 39.8 Å². The first-order valence-corrected chi connectivity index (χ1v) is 8.54. The van der Waals surface area contributed by atoms with E-state index < -0.39 is 5.91 Å². The van der Waals surface area contributed by atoms with E-state index in [1.807, 2.05) is 18.4 Å². The molecule has 1 N–H and O–H groups in total. The minimum absolute atomic E-state index is 0.0947. The van der Waals surface area contributed by atoms with Crippen molar-refractivity contribution in [2.45, 2.75) is 33.2 Å². The van der Waals surface area contributed by atoms with Crippen molar-refractivity contribution >= 4 is 22.7 Å². The highest BCUT2D eigenvalue weighted by Crippen LogP contribution is 2.11. The van der Waals surface area contributed by atoms with Crippen LogP contribution in [0.4, 0.5) is 0 Å². The minimum Gasteiger partial charge on any atom is -0.332 e. The average Bonchev–Trinajstić information content (AvgIpc) is 2.61. The highest BCUT2D eigenvalue weighted by Gasteiger charge is 2.17. The van der Waals surface area contributed by atoms with E-state index in [4.69, 9.17) is 0 Å². The van der Waals surface area contributed by atoms with Gasteiger partial charge in [-0.3, -0.25) is 9.59 Å². The highest BCUT2D eigenvalue weighted by atomic mass is 16.2. The van der Waals surface area contributed by atoms with Crippen molar-refractivity contribution in [3.8, 4) is 0 Å². The van der Waals surface area contributed by atoms with Crippen molar-refractivity contribution < 1.29 is 4.79 Å². The first-order chi connectivity index (χ1) is 12.0. The molecule has 1 aliphatic rings. The maximum atomic E-state index is 12.7. The van der Waals surface area contributed by atoms with Gasteiger partial charge in [0.1, 0.15) is 11.2 Å². The summed E-state index contributed by atoms with van der Waals surface area (Å²) in [6.45, 7) is 6.31. The summed E-state index contributed by atoms with van der Waals surface area (Å²) in [6, 6.07) is 3.51. The van der Waals surface area contributed by atoms with Gasteiger partial charge in [-0.2, -0.15) is 5.10 Å². The summed E-state index contributed by atoms with van der Waals surface area (Å²) < 4.78 is 1.82. The fourth-order valence-electron chi connectivity index (χ4n) is 2.94. The van der Waals surface area contributed by atoms with E-state index in [1.54, 1.807) is 18.3 Å². The normalized spacial score (nSPS) is 15.4. The number of amides is 1. The Morgan fingerprint density at radius 2 is 2.04 bits per heavy atom. The topological polar surface area (TPSA) is 79.6 Å². The second-order valence-electron chi connectivity index (χ2n) is 6.40. The maximum Gasteiger partial charge on any atom is 0.276 e. The van der Waals surface area contributed by atoms with Crippen LogP contribution in [0.5, 0.6) is 0 Å². The number of rotatable bonds is 3. The molecule has 132 valence electrons. The molecule has 3 rings (SSSR count). The molecule has 0 unspecified atom stereocenters. The number of hydrogen-bond acceptors (Lipinski definition) is 5. The zero-order valence-electron chi connectivity index (χ0n) is 14.9. The predicted molar refractivity (Wildman–Crippen MR) is 98.0 cm³/mol. The lowest BCUT2D eigenvalue weighted by atomic mass is 10.1. The molecule has 3 heterocycles. The second-order valence-corrected chi connectivity index (χ2v) is 6.40. The van der Waals surface area contributed by atoms with Gasteiger partial charge in [0.15, 0.2) is 0 Å². The third-order valence-electron chi connectivity index (χ3n) is 4.53. The zero-order valence-corrected chi connectivity index (χ0v) is 14.9. The van der Waals surface area contributed by atoms with Crippen LogP contribution in [-0.4, -0.2) is 46.2 Å². The number of hydrogen-bond donors (Lipinski definition) is 1. The van der Waals surface area contributed by atoms with Crippen LogP contribution in [0, 0.1) is 6.92 Å². The van der Waals surface area contributed by atoms with Crippen LogP contribution >= 0.6 is 0 Å². The molecule has 0 saturated carbocycles. The van der Waals surface area contributed by atoms with Crippen molar-refractivity contribution in [2.24, 2.45) is 5.10 Å². The molecule has 7 heteroatoms. The first-order valence-electron chi connectivity index (χ1n) is 8.54. The molecule has 0 radical (unpaired) electrons. The van der Waals surface area contributed by atoms with Gasteiger partial charge in [-0.15, -0.1) is 0 Å². The quantitative estimate of drug-likeness (QED) is 0.859. The third-order valence-corrected chi connectivity index (χ3v) is 4.53. The van der Waals surface area contributed by atoms with Gasteiger partial charge in [-0.25, -0.2) is 10.4 Å². The molecule has 2 aromatic rings. The third kappa shape index (κ3) is 3.61. The molecule has 0 atom stereocenters. The monoisotopic (exact) mass is 341 g/mol. The van der Waals surface area contributed by atoms with E-state index in [1.165, 1.54) is 0 Å². The summed E-state index contributed by atoms with van der Waals surface area (Å²) in [4.78, 5) is 31.8. The number of aromatic nitrogens is 2. The average molecular weight is 341 g/mol. The lowest BCUT2D eigenvalue weighted by Crippen LogP contribution is -2.33. The fourth-order valence-corrected chi connectivity index (χ4v) is 2.94. The Morgan fingerprint density at radius 3 is 2.72 bits per heavy atom. The molecule has 0 bridgehead atoms. The van der Waals surface area contributed by atoms with E-state index in [2.05, 4.69) is 27.5 Å². The summed E-state index contributed by atoms with van der Waals surface area (Å²) in [7, 11) is 2.06. The van der Waals surface area contributed by atoms with Crippen LogP contribution in [0.1, 0.15) is 35.8 Å². The molecule has 25 heavy (non-hydrogen) atoms. The fraction of sp³-hybridized carbons (Fsp3) is 0.444. The molecular formula is C18H23N5O2. The smallest absolute Gasteiger partial charge is 0.276 e. The molecular weight excluding hydrogens is 318 g/mol. The van der Waals surface area contributed by atoms with Gasteiger partial charge >= 0.3 is 0 Å². The molecule has 0 aliphatic carbocycles. The Bertz CT molecular complexity index is 890. The highest BCUT2D eigenvalue weighted by molar-refractivity contribution is 5.97. The standard InChI is InChI=1S/C18H23N5O2/c1-4-23-11-15(16(24)14-6-5-12(2)19-17(14)23)18(25)21-20-13-7-9-22(3)10-8-13/h5-6,11H,4,7-10H2,1-3H3,(H,21,25). The van der Waals surface area contributed by atoms with Crippen molar-refractivity contribution in [3.63, 3.8) is 0 Å². The molecule has 1 saturated heterocycles. The second kappa shape index (κ2) is 7.14. The molecule has 1 fully saturated rings. The first kappa shape index (κ1) is 17.3. The van der Waals surface area contributed by atoms with Gasteiger partial charge in [0, 0.05) is 50.1 Å². The number of carbonyl (C=O) groups is 1. The SMILES string of the molecule is CCn1cc(C(=O)NN=C2CCN(C)CC2)c(=O)c2ccc(C)nc21. The molecule has 7 nitrogen and oxygen atoms in total. The number of nitrogens with zero attached hydrogens (tertiary/aromatic N) is 4. The number of pyridine rings is 2. The van der Waals surface area contributed by atoms with E-state index in [0.717, 1.165) is 37.3 Å². The van der Waals surface area contributed by atoms with Crippen LogP contribution in [0.3, 0.4) is 0 Å². The number of hydrazone groups is 1. The van der Waals surface area contributed by atoms with Crippen molar-refractivity contribution in [2.75, 3.05) is 20.1 Å². The Morgan fingerprint density at radius 1 is 1.32 bits per heavy atom. The summed E-state index contributed by atoms with van der Waals surface area (Å²) >= 11 is 0. The Labute approximate surface area is 146 Å². The zero-order chi connectivity index (χ0) is 18.0. The molecule has 1 aliphatic heterocycles. The predicted octanol–water partition coefficient (Wildman–Crippen LogP) is 1.54. The lowest BCUT2D eigenvalue weighted by Gasteiger charge is -2.22. The van der Waals surface area contributed by atoms with Crippen molar-refractivity contribution in [1.82, 2.24) is 19.9 Å². The van der Waals surface area contributed by atoms with E-state index in [9.17, 15) is 9.59 Å². The van der Waals surface area contributed by atoms with Crippen LogP contribution in [0.2, 0.25) is 0 Å². The number of carbonyl (C=O) groups excluding carboxylic acids is 1. The van der Waals surface area contributed by atoms with Gasteiger partial charge in [0.2, 0.25) is 5.43 Å². The number of aryl methyl sites for hydroxylation is 2. The van der Waals surface area contributed by atoms with Crippen LogP contribution in [0.25, 0.3) is 11.0 Å². The molecule has 2 aromatic heterocycles. The van der Waals surface area contributed by atoms with Gasteiger partial charge < -0.3 is 9.47 Å². The number of fused-ring (bicyclic) bond motifs is 1. The van der Waals surface area contributed by atoms with E-state index in [-0.39, 0.29) is 11.0 Å². The molecule has 0 spiro atoms. The van der Waals surface area contributed by atoms with Crippen molar-refractivity contribution in [1.29, 1.82) is 0 Å². The number of piperidine rings is 1. The summed E-state index contributed by atoms with van der Waals surface area (Å²) in [6.07, 6.45) is 3.23. The Balaban J connectivity index is 1.91. The Kier molecular flexibility index (Phi) is 4.94. The van der Waals surface area contributed by atoms with Crippen LogP contribution < -0.4 is 10.9 Å². The maximum absolute atomic E-state index is 12.7. The Hall–Kier alpha value is -2.54. The minimum atomic E-state index is -0.471. The lowest BCUT2D eigenvalue weighted by molar-refractivity contribution is 0.0953. The van der Waals surface area contributed by atoms with Gasteiger partial charge in [-0.1, -0.05) is 0 Å². The largest absolute Gasteiger partial charge is 0.332 e. The van der Waals surface area contributed by atoms with Gasteiger partial charge in [-0.05, 0) is 33.0 Å². The summed E-state index contributed by atoms with van der Waals surface area (Å²) in [5, 5.41) is 4.66. The number of likely N-dealkylation sites (tertiary alicyclic amines) is 1. The molecule has 0 aromatic carbocycles. The van der Waals surface area contributed by atoms with E-state index >= 15 is 0 Å². The van der Waals surface area contributed by atoms with Gasteiger partial charge in [0.25, 0.3) is 5.91 Å². The molecule has 1 amide bonds. The number of nitrogens with one attached hydrogen (secondary N) is 1. The van der Waals surface area contributed by atoms with E-state index in [0.29, 0.717) is 17.6 Å². The summed E-state index contributed by atoms with van der Waals surface area (Å²) in [5.74, 6) is -0.471. The van der Waals surface area contributed by atoms with Crippen LogP contribution in [-0.2, 0) is 6.54 Å².